The fourth-order valence-corrected chi connectivity index (χ4v) is 3.61. The summed E-state index contributed by atoms with van der Waals surface area (Å²) >= 11 is 3.62. The zero-order valence-corrected chi connectivity index (χ0v) is 19.3. The number of ether oxygens (including phenoxy) is 2. The molecule has 30 heavy (non-hydrogen) atoms. The second-order valence-electron chi connectivity index (χ2n) is 6.67. The van der Waals surface area contributed by atoms with Crippen molar-refractivity contribution in [3.8, 4) is 11.5 Å². The Hall–Kier alpha value is -2.05. The first-order chi connectivity index (χ1) is 14.2. The van der Waals surface area contributed by atoms with E-state index < -0.39 is 6.10 Å². The van der Waals surface area contributed by atoms with Crippen LogP contribution in [0.4, 0.5) is 0 Å². The molecule has 0 spiro atoms. The highest BCUT2D eigenvalue weighted by Crippen LogP contribution is 2.37. The number of halogens is 2. The normalized spacial score (nSPS) is 11.4. The van der Waals surface area contributed by atoms with E-state index in [4.69, 9.17) is 9.47 Å². The van der Waals surface area contributed by atoms with Gasteiger partial charge in [0.2, 0.25) is 0 Å². The van der Waals surface area contributed by atoms with Gasteiger partial charge in [-0.05, 0) is 51.7 Å². The minimum Gasteiger partial charge on any atom is -0.490 e. The van der Waals surface area contributed by atoms with E-state index in [0.717, 1.165) is 21.2 Å². The fourth-order valence-electron chi connectivity index (χ4n) is 3.00. The van der Waals surface area contributed by atoms with Gasteiger partial charge in [0.15, 0.2) is 11.5 Å². The van der Waals surface area contributed by atoms with Crippen molar-refractivity contribution in [1.29, 1.82) is 0 Å². The third kappa shape index (κ3) is 7.03. The molecule has 0 bridgehead atoms. The van der Waals surface area contributed by atoms with E-state index in [0.29, 0.717) is 37.8 Å². The highest BCUT2D eigenvalue weighted by Gasteiger charge is 2.13. The molecule has 0 heterocycles. The van der Waals surface area contributed by atoms with E-state index in [2.05, 4.69) is 21.2 Å². The van der Waals surface area contributed by atoms with Crippen LogP contribution >= 0.6 is 28.3 Å². The Balaban J connectivity index is 0.00000320. The highest BCUT2D eigenvalue weighted by molar-refractivity contribution is 9.10. The largest absolute Gasteiger partial charge is 0.490 e. The van der Waals surface area contributed by atoms with Crippen LogP contribution in [-0.2, 0) is 13.2 Å². The molecule has 3 rings (SSSR count). The predicted molar refractivity (Wildman–Crippen MR) is 126 cm³/mol. The topological polar surface area (TPSA) is 50.7 Å². The van der Waals surface area contributed by atoms with Crippen molar-refractivity contribution in [1.82, 2.24) is 5.32 Å². The van der Waals surface area contributed by atoms with Gasteiger partial charge in [-0.15, -0.1) is 12.4 Å². The van der Waals surface area contributed by atoms with Crippen molar-refractivity contribution in [2.45, 2.75) is 26.2 Å². The molecule has 0 saturated heterocycles. The molecule has 3 aromatic carbocycles. The fraction of sp³-hybridized carbons (Fsp3) is 0.250. The Morgan fingerprint density at radius 2 is 1.60 bits per heavy atom. The summed E-state index contributed by atoms with van der Waals surface area (Å²) in [5.74, 6) is 1.40. The number of rotatable bonds is 10. The van der Waals surface area contributed by atoms with Gasteiger partial charge in [0.05, 0.1) is 17.2 Å². The standard InChI is InChI=1S/C24H26BrNO3.ClH/c1-2-28-23-14-19(15-26-16-22(27)20-11-7-4-8-12-20)13-21(25)24(23)29-17-18-9-5-3-6-10-18;/h3-14,22,26-27H,2,15-17H2,1H3;1H. The number of hydrogen-bond donors (Lipinski definition) is 2. The summed E-state index contributed by atoms with van der Waals surface area (Å²) in [6.45, 7) is 4.06. The first-order valence-corrected chi connectivity index (χ1v) is 10.5. The second kappa shape index (κ2) is 12.6. The SMILES string of the molecule is CCOc1cc(CNCC(O)c2ccccc2)cc(Br)c1OCc1ccccc1.Cl. The van der Waals surface area contributed by atoms with E-state index in [9.17, 15) is 5.11 Å². The molecule has 2 N–H and O–H groups in total. The smallest absolute Gasteiger partial charge is 0.175 e. The van der Waals surface area contributed by atoms with Crippen LogP contribution in [0.25, 0.3) is 0 Å². The summed E-state index contributed by atoms with van der Waals surface area (Å²) in [6.07, 6.45) is -0.542. The molecule has 0 saturated carbocycles. The van der Waals surface area contributed by atoms with Crippen LogP contribution in [0, 0.1) is 0 Å². The molecule has 0 aliphatic heterocycles. The van der Waals surface area contributed by atoms with Gasteiger partial charge in [-0.3, -0.25) is 0 Å². The lowest BCUT2D eigenvalue weighted by molar-refractivity contribution is 0.174. The zero-order valence-electron chi connectivity index (χ0n) is 16.9. The van der Waals surface area contributed by atoms with Crippen LogP contribution in [0.1, 0.15) is 29.7 Å². The minimum atomic E-state index is -0.542. The summed E-state index contributed by atoms with van der Waals surface area (Å²) in [6, 6.07) is 23.7. The van der Waals surface area contributed by atoms with Crippen LogP contribution in [0.5, 0.6) is 11.5 Å². The average molecular weight is 493 g/mol. The number of nitrogens with one attached hydrogen (secondary N) is 1. The maximum Gasteiger partial charge on any atom is 0.175 e. The van der Waals surface area contributed by atoms with E-state index >= 15 is 0 Å². The van der Waals surface area contributed by atoms with Crippen LogP contribution in [0.2, 0.25) is 0 Å². The van der Waals surface area contributed by atoms with Gasteiger partial charge in [0.1, 0.15) is 6.61 Å². The number of hydrogen-bond acceptors (Lipinski definition) is 4. The van der Waals surface area contributed by atoms with Gasteiger partial charge in [-0.2, -0.15) is 0 Å². The van der Waals surface area contributed by atoms with Crippen molar-refractivity contribution in [2.75, 3.05) is 13.2 Å². The molecule has 0 aliphatic carbocycles. The van der Waals surface area contributed by atoms with E-state index in [1.165, 1.54) is 0 Å². The Kier molecular flexibility index (Phi) is 10.2. The lowest BCUT2D eigenvalue weighted by atomic mass is 10.1. The lowest BCUT2D eigenvalue weighted by Crippen LogP contribution is -2.21. The van der Waals surface area contributed by atoms with Gasteiger partial charge in [0, 0.05) is 13.1 Å². The number of benzene rings is 3. The molecule has 3 aromatic rings. The van der Waals surface area contributed by atoms with Gasteiger partial charge in [0.25, 0.3) is 0 Å². The first-order valence-electron chi connectivity index (χ1n) is 9.73. The van der Waals surface area contributed by atoms with Gasteiger partial charge >= 0.3 is 0 Å². The summed E-state index contributed by atoms with van der Waals surface area (Å²) < 4.78 is 12.7. The van der Waals surface area contributed by atoms with Gasteiger partial charge in [-0.1, -0.05) is 60.7 Å². The number of aliphatic hydroxyl groups is 1. The Morgan fingerprint density at radius 3 is 2.27 bits per heavy atom. The third-order valence-corrected chi connectivity index (χ3v) is 5.04. The van der Waals surface area contributed by atoms with Crippen molar-refractivity contribution in [2.24, 2.45) is 0 Å². The molecule has 0 radical (unpaired) electrons. The van der Waals surface area contributed by atoms with Crippen molar-refractivity contribution >= 4 is 28.3 Å². The predicted octanol–water partition coefficient (Wildman–Crippen LogP) is 5.67. The molecular weight excluding hydrogens is 466 g/mol. The highest BCUT2D eigenvalue weighted by atomic mass is 79.9. The summed E-state index contributed by atoms with van der Waals surface area (Å²) in [7, 11) is 0. The van der Waals surface area contributed by atoms with E-state index in [-0.39, 0.29) is 12.4 Å². The molecule has 1 unspecified atom stereocenters. The van der Waals surface area contributed by atoms with Crippen molar-refractivity contribution < 1.29 is 14.6 Å². The van der Waals surface area contributed by atoms with Crippen LogP contribution in [-0.4, -0.2) is 18.3 Å². The zero-order chi connectivity index (χ0) is 20.5. The Morgan fingerprint density at radius 1 is 0.933 bits per heavy atom. The van der Waals surface area contributed by atoms with Crippen LogP contribution < -0.4 is 14.8 Å². The van der Waals surface area contributed by atoms with Gasteiger partial charge < -0.3 is 19.9 Å². The maximum absolute atomic E-state index is 10.3. The van der Waals surface area contributed by atoms with Gasteiger partial charge in [-0.25, -0.2) is 0 Å². The van der Waals surface area contributed by atoms with E-state index in [1.54, 1.807) is 0 Å². The summed E-state index contributed by atoms with van der Waals surface area (Å²) in [5, 5.41) is 13.6. The third-order valence-electron chi connectivity index (χ3n) is 4.45. The average Bonchev–Trinajstić information content (AvgIpc) is 2.74. The second-order valence-corrected chi connectivity index (χ2v) is 7.52. The molecule has 0 aliphatic rings. The van der Waals surface area contributed by atoms with Crippen LogP contribution in [0.3, 0.4) is 0 Å². The summed E-state index contributed by atoms with van der Waals surface area (Å²) in [4.78, 5) is 0. The Labute approximate surface area is 192 Å². The van der Waals surface area contributed by atoms with Crippen molar-refractivity contribution in [3.63, 3.8) is 0 Å². The van der Waals surface area contributed by atoms with E-state index in [1.807, 2.05) is 79.7 Å². The Bertz CT molecular complexity index is 894. The maximum atomic E-state index is 10.3. The monoisotopic (exact) mass is 491 g/mol. The van der Waals surface area contributed by atoms with Crippen LogP contribution in [0.15, 0.2) is 77.3 Å². The molecule has 4 nitrogen and oxygen atoms in total. The molecule has 0 fully saturated rings. The quantitative estimate of drug-likeness (QED) is 0.383. The summed E-state index contributed by atoms with van der Waals surface area (Å²) in [5.41, 5.74) is 3.05. The lowest BCUT2D eigenvalue weighted by Gasteiger charge is -2.17. The molecule has 1 atom stereocenters. The molecule has 160 valence electrons. The van der Waals surface area contributed by atoms with Crippen molar-refractivity contribution in [3.05, 3.63) is 94.0 Å². The minimum absolute atomic E-state index is 0. The molecule has 0 amide bonds. The first kappa shape index (κ1) is 24.2. The molecule has 6 heteroatoms. The molecule has 0 aromatic heterocycles. The number of aliphatic hydroxyl groups excluding tert-OH is 1. The molecular formula is C24H27BrClNO3.